The molecule has 0 amide bonds. The van der Waals surface area contributed by atoms with Crippen LogP contribution in [0.4, 0.5) is 0 Å². The first-order chi connectivity index (χ1) is 29.7. The number of hydrogen-bond donors (Lipinski definition) is 0. The molecular formula is C52H108O4P2S4Zn. The molecule has 0 bridgehead atoms. The molecule has 0 saturated carbocycles. The summed E-state index contributed by atoms with van der Waals surface area (Å²) in [5.41, 5.74) is -4.88. The summed E-state index contributed by atoms with van der Waals surface area (Å²) in [5, 5.41) is 0. The molecule has 0 aliphatic heterocycles. The first kappa shape index (κ1) is 69.7. The summed E-state index contributed by atoms with van der Waals surface area (Å²) < 4.78 is 22.9. The van der Waals surface area contributed by atoms with Crippen molar-refractivity contribution in [2.24, 2.45) is 23.7 Å². The number of rotatable bonds is 48. The van der Waals surface area contributed by atoms with Crippen molar-refractivity contribution in [2.75, 3.05) is 26.4 Å². The van der Waals surface area contributed by atoms with Crippen molar-refractivity contribution in [2.45, 2.75) is 287 Å². The van der Waals surface area contributed by atoms with Crippen LogP contribution in [0.25, 0.3) is 0 Å². The minimum Gasteiger partial charge on any atom is -0.691 e. The van der Waals surface area contributed by atoms with E-state index in [0.29, 0.717) is 26.4 Å². The van der Waals surface area contributed by atoms with Crippen LogP contribution in [0.15, 0.2) is 0 Å². The summed E-state index contributed by atoms with van der Waals surface area (Å²) >= 11 is 21.5. The van der Waals surface area contributed by atoms with Crippen LogP contribution >= 0.6 is 11.4 Å². The maximum atomic E-state index is 5.73. The van der Waals surface area contributed by atoms with E-state index in [2.05, 4.69) is 55.4 Å². The Kier molecular flexibility index (Phi) is 57.9. The molecule has 0 aromatic heterocycles. The fraction of sp³-hybridized carbons (Fsp3) is 1.00. The zero-order chi connectivity index (χ0) is 46.4. The van der Waals surface area contributed by atoms with E-state index in [4.69, 9.17) is 66.2 Å². The molecule has 0 rings (SSSR count). The molecule has 0 radical (unpaired) electrons. The van der Waals surface area contributed by atoms with Crippen LogP contribution in [0.2, 0.25) is 0 Å². The summed E-state index contributed by atoms with van der Waals surface area (Å²) in [5.74, 6) is 3.41. The zero-order valence-corrected chi connectivity index (χ0v) is 51.5. The second kappa shape index (κ2) is 52.3. The van der Waals surface area contributed by atoms with Gasteiger partial charge in [0, 0.05) is 0 Å². The van der Waals surface area contributed by atoms with Crippen molar-refractivity contribution in [3.63, 3.8) is 0 Å². The van der Waals surface area contributed by atoms with Gasteiger partial charge in [-0.05, 0) is 49.4 Å². The van der Waals surface area contributed by atoms with Crippen LogP contribution < -0.4 is 0 Å². The molecule has 0 N–H and O–H groups in total. The maximum absolute atomic E-state index is 5.73. The van der Waals surface area contributed by atoms with Gasteiger partial charge in [0.15, 0.2) is 0 Å². The van der Waals surface area contributed by atoms with Crippen LogP contribution in [0, 0.1) is 23.7 Å². The van der Waals surface area contributed by atoms with Gasteiger partial charge < -0.3 is 42.6 Å². The monoisotopic (exact) mass is 1050 g/mol. The van der Waals surface area contributed by atoms with Crippen molar-refractivity contribution in [3.05, 3.63) is 0 Å². The molecule has 0 fully saturated rings. The average molecular weight is 1050 g/mol. The smallest absolute Gasteiger partial charge is 0.691 e. The van der Waals surface area contributed by atoms with E-state index < -0.39 is 11.4 Å². The van der Waals surface area contributed by atoms with E-state index in [0.717, 1.165) is 49.4 Å². The van der Waals surface area contributed by atoms with Crippen molar-refractivity contribution >= 4 is 59.5 Å². The first-order valence-electron chi connectivity index (χ1n) is 26.9. The number of hydrogen-bond acceptors (Lipinski definition) is 8. The molecule has 11 heteroatoms. The Morgan fingerprint density at radius 1 is 0.270 bits per heavy atom. The first-order valence-corrected chi connectivity index (χ1v) is 34.2. The third-order valence-corrected chi connectivity index (χ3v) is 16.2. The van der Waals surface area contributed by atoms with Crippen LogP contribution in [-0.2, 0) is 85.7 Å². The molecular weight excluding hydrogens is 944 g/mol. The van der Waals surface area contributed by atoms with Gasteiger partial charge in [-0.15, -0.1) is 0 Å². The molecule has 63 heavy (non-hydrogen) atoms. The van der Waals surface area contributed by atoms with Gasteiger partial charge in [-0.2, -0.15) is 0 Å². The van der Waals surface area contributed by atoms with Gasteiger partial charge in [-0.25, -0.2) is 0 Å². The maximum Gasteiger partial charge on any atom is 2.00 e. The molecule has 0 heterocycles. The van der Waals surface area contributed by atoms with Gasteiger partial charge >= 0.3 is 19.5 Å². The topological polar surface area (TPSA) is 36.9 Å². The second-order valence-electron chi connectivity index (χ2n) is 20.3. The number of unbranched alkanes of at least 4 members (excludes halogenated alkanes) is 28. The second-order valence-corrected chi connectivity index (χ2v) is 30.2. The Morgan fingerprint density at radius 2 is 0.397 bits per heavy atom. The molecule has 0 saturated heterocycles. The summed E-state index contributed by atoms with van der Waals surface area (Å²) in [6.07, 6.45) is 47.4. The summed E-state index contributed by atoms with van der Waals surface area (Å²) in [4.78, 5) is 0. The van der Waals surface area contributed by atoms with Gasteiger partial charge in [0.2, 0.25) is 0 Å². The van der Waals surface area contributed by atoms with Crippen molar-refractivity contribution in [1.82, 2.24) is 0 Å². The van der Waals surface area contributed by atoms with Crippen LogP contribution in [-0.4, -0.2) is 26.4 Å². The quantitative estimate of drug-likeness (QED) is 0.0258. The Hall–Kier alpha value is 2.46. The van der Waals surface area contributed by atoms with E-state index in [1.807, 2.05) is 0 Å². The molecule has 0 aromatic rings. The van der Waals surface area contributed by atoms with Crippen LogP contribution in [0.1, 0.15) is 287 Å². The molecule has 0 aromatic carbocycles. The molecule has 0 atom stereocenters. The van der Waals surface area contributed by atoms with Crippen LogP contribution in [0.5, 0.6) is 0 Å². The summed E-state index contributed by atoms with van der Waals surface area (Å²) in [7, 11) is 0. The van der Waals surface area contributed by atoms with Crippen LogP contribution in [0.3, 0.4) is 0 Å². The van der Waals surface area contributed by atoms with Gasteiger partial charge in [0.25, 0.3) is 0 Å². The Morgan fingerprint density at radius 3 is 0.540 bits per heavy atom. The van der Waals surface area contributed by atoms with E-state index in [1.165, 1.54) is 205 Å². The van der Waals surface area contributed by atoms with Crippen molar-refractivity contribution in [3.8, 4) is 0 Å². The predicted molar refractivity (Wildman–Crippen MR) is 293 cm³/mol. The fourth-order valence-electron chi connectivity index (χ4n) is 7.64. The van der Waals surface area contributed by atoms with Gasteiger partial charge in [0.05, 0.1) is 37.8 Å². The predicted octanol–water partition coefficient (Wildman–Crippen LogP) is 20.2. The van der Waals surface area contributed by atoms with E-state index in [-0.39, 0.29) is 19.5 Å². The third-order valence-electron chi connectivity index (χ3n) is 11.7. The van der Waals surface area contributed by atoms with Gasteiger partial charge in [-0.1, -0.05) is 284 Å². The Bertz CT molecular complexity index is 848. The Labute approximate surface area is 430 Å². The summed E-state index contributed by atoms with van der Waals surface area (Å²) in [6.45, 7) is 21.2. The largest absolute Gasteiger partial charge is 2.00 e. The van der Waals surface area contributed by atoms with E-state index in [9.17, 15) is 0 Å². The Balaban J connectivity index is -0.00000112. The van der Waals surface area contributed by atoms with Gasteiger partial charge in [0.1, 0.15) is 0 Å². The molecule has 376 valence electrons. The zero-order valence-electron chi connectivity index (χ0n) is 43.5. The SMILES string of the molecule is CC(C)CCCCCCCCCCOP(=S)([S-])OCCCCCCCCCCC(C)C.CC(C)CCCCCCCCCCOP(=S)([S-])OCCCCCCCCCCC(C)C.[Zn+2]. The fourth-order valence-corrected chi connectivity index (χ4v) is 11.0. The molecule has 0 spiro atoms. The summed E-state index contributed by atoms with van der Waals surface area (Å²) in [6, 6.07) is 0. The minimum absolute atomic E-state index is 0. The molecule has 0 aliphatic carbocycles. The normalized spacial score (nSPS) is 12.2. The van der Waals surface area contributed by atoms with E-state index >= 15 is 0 Å². The minimum atomic E-state index is -2.44. The molecule has 0 unspecified atom stereocenters. The molecule has 0 aliphatic rings. The standard InChI is InChI=1S/2C26H55O2PS2.Zn/c2*1-25(2)21-17-13-9-5-7-11-15-19-23-27-29(30,31)28-24-20-16-12-8-6-10-14-18-22-26(3)4;/h2*25-26H,5-24H2,1-4H3,(H,30,31);/q;;+2/p-2. The van der Waals surface area contributed by atoms with Gasteiger partial charge in [-0.3, -0.25) is 0 Å². The third kappa shape index (κ3) is 64.5. The van der Waals surface area contributed by atoms with E-state index in [1.54, 1.807) is 0 Å². The molecule has 4 nitrogen and oxygen atoms in total. The van der Waals surface area contributed by atoms with Crippen molar-refractivity contribution < 1.29 is 37.6 Å². The van der Waals surface area contributed by atoms with Crippen molar-refractivity contribution in [1.29, 1.82) is 0 Å². The average Bonchev–Trinajstić information content (AvgIpc) is 3.19.